The lowest BCUT2D eigenvalue weighted by atomic mass is 10.2. The monoisotopic (exact) mass is 305 g/mol. The maximum atomic E-state index is 12.1. The number of aryl methyl sites for hydroxylation is 1. The topological polar surface area (TPSA) is 115 Å². The molecule has 0 atom stereocenters. The van der Waals surface area contributed by atoms with Crippen LogP contribution in [0.25, 0.3) is 0 Å². The van der Waals surface area contributed by atoms with E-state index in [-0.39, 0.29) is 17.9 Å². The molecule has 0 unspecified atom stereocenters. The van der Waals surface area contributed by atoms with Crippen molar-refractivity contribution in [3.63, 3.8) is 0 Å². The van der Waals surface area contributed by atoms with E-state index < -0.39 is 11.1 Å². The van der Waals surface area contributed by atoms with Crippen LogP contribution in [0.5, 0.6) is 0 Å². The minimum absolute atomic E-state index is 0.119. The van der Waals surface area contributed by atoms with E-state index in [0.29, 0.717) is 6.54 Å². The van der Waals surface area contributed by atoms with Gasteiger partial charge in [0.25, 0.3) is 11.1 Å². The van der Waals surface area contributed by atoms with Crippen LogP contribution >= 0.6 is 0 Å². The Balaban J connectivity index is 2.01. The van der Waals surface area contributed by atoms with Crippen molar-refractivity contribution in [2.24, 2.45) is 0 Å². The van der Waals surface area contributed by atoms with Gasteiger partial charge in [0.15, 0.2) is 0 Å². The van der Waals surface area contributed by atoms with E-state index in [0.717, 1.165) is 30.3 Å². The second kappa shape index (κ2) is 6.88. The van der Waals surface area contributed by atoms with Crippen LogP contribution in [0.1, 0.15) is 30.3 Å². The third-order valence-corrected chi connectivity index (χ3v) is 3.26. The molecule has 0 aliphatic heterocycles. The first kappa shape index (κ1) is 15.7. The van der Waals surface area contributed by atoms with Crippen LogP contribution in [0.15, 0.2) is 21.7 Å². The van der Waals surface area contributed by atoms with Crippen molar-refractivity contribution < 1.29 is 4.79 Å². The van der Waals surface area contributed by atoms with Crippen LogP contribution in [-0.4, -0.2) is 38.2 Å². The second-order valence-electron chi connectivity index (χ2n) is 5.17. The van der Waals surface area contributed by atoms with Gasteiger partial charge in [0.1, 0.15) is 0 Å². The molecule has 8 nitrogen and oxygen atoms in total. The Bertz CT molecular complexity index is 758. The molecule has 0 saturated carbocycles. The van der Waals surface area contributed by atoms with Gasteiger partial charge in [-0.3, -0.25) is 29.7 Å². The maximum absolute atomic E-state index is 12.1. The lowest BCUT2D eigenvalue weighted by Crippen LogP contribution is -2.31. The lowest BCUT2D eigenvalue weighted by molar-refractivity contribution is -0.129. The number of nitrogens with zero attached hydrogens (tertiary/aromatic N) is 2. The predicted octanol–water partition coefficient (Wildman–Crippen LogP) is -0.0601. The maximum Gasteiger partial charge on any atom is 0.266 e. The second-order valence-corrected chi connectivity index (χ2v) is 5.17. The first-order valence-electron chi connectivity index (χ1n) is 7.07. The summed E-state index contributed by atoms with van der Waals surface area (Å²) in [7, 11) is 1.64. The van der Waals surface area contributed by atoms with Gasteiger partial charge in [-0.05, 0) is 12.5 Å². The summed E-state index contributed by atoms with van der Waals surface area (Å²) >= 11 is 0. The normalized spacial score (nSPS) is 10.6. The third-order valence-electron chi connectivity index (χ3n) is 3.26. The van der Waals surface area contributed by atoms with Crippen LogP contribution in [0, 0.1) is 0 Å². The molecule has 2 aromatic rings. The molecule has 0 aliphatic carbocycles. The van der Waals surface area contributed by atoms with Gasteiger partial charge in [-0.2, -0.15) is 5.10 Å². The first-order chi connectivity index (χ1) is 10.5. The van der Waals surface area contributed by atoms with Crippen molar-refractivity contribution in [1.82, 2.24) is 25.3 Å². The molecule has 2 aromatic heterocycles. The zero-order chi connectivity index (χ0) is 16.1. The first-order valence-corrected chi connectivity index (χ1v) is 7.07. The van der Waals surface area contributed by atoms with Crippen LogP contribution in [-0.2, 0) is 24.2 Å². The predicted molar refractivity (Wildman–Crippen MR) is 80.4 cm³/mol. The fourth-order valence-electron chi connectivity index (χ4n) is 2.11. The number of H-pyrrole nitrogens is 3. The van der Waals surface area contributed by atoms with E-state index in [1.165, 1.54) is 4.90 Å². The van der Waals surface area contributed by atoms with E-state index in [9.17, 15) is 14.4 Å². The molecular formula is C14H19N5O3. The van der Waals surface area contributed by atoms with Gasteiger partial charge in [-0.25, -0.2) is 0 Å². The van der Waals surface area contributed by atoms with Gasteiger partial charge in [-0.15, -0.1) is 0 Å². The third kappa shape index (κ3) is 3.94. The van der Waals surface area contributed by atoms with Crippen molar-refractivity contribution >= 4 is 5.91 Å². The molecule has 118 valence electrons. The van der Waals surface area contributed by atoms with E-state index in [4.69, 9.17) is 0 Å². The molecule has 2 heterocycles. The van der Waals surface area contributed by atoms with Crippen LogP contribution in [0.3, 0.4) is 0 Å². The van der Waals surface area contributed by atoms with Crippen LogP contribution < -0.4 is 11.1 Å². The number of carbonyl (C=O) groups excluding carboxylic acids is 1. The summed E-state index contributed by atoms with van der Waals surface area (Å²) in [6.45, 7) is 2.44. The number of hydrogen-bond acceptors (Lipinski definition) is 4. The van der Waals surface area contributed by atoms with E-state index >= 15 is 0 Å². The molecule has 22 heavy (non-hydrogen) atoms. The Morgan fingerprint density at radius 3 is 2.77 bits per heavy atom. The molecule has 0 spiro atoms. The van der Waals surface area contributed by atoms with Gasteiger partial charge in [0.05, 0.1) is 24.4 Å². The molecule has 0 radical (unpaired) electrons. The highest BCUT2D eigenvalue weighted by Gasteiger charge is 2.14. The average Bonchev–Trinajstić information content (AvgIpc) is 2.90. The standard InChI is InChI=1S/C14H19N5O3/c1-3-4-10-7-11(16-15-10)8-19(2)13(21)6-9-5-12(20)17-18-14(9)22/h5,7H,3-4,6,8H2,1-2H3,(H,15,16)(H,17,20)(H,18,22). The van der Waals surface area contributed by atoms with E-state index in [1.807, 2.05) is 6.07 Å². The molecule has 0 bridgehead atoms. The fraction of sp³-hybridized carbons (Fsp3) is 0.429. The summed E-state index contributed by atoms with van der Waals surface area (Å²) in [5, 5.41) is 11.4. The fourth-order valence-corrected chi connectivity index (χ4v) is 2.11. The van der Waals surface area contributed by atoms with Crippen LogP contribution in [0.4, 0.5) is 0 Å². The summed E-state index contributed by atoms with van der Waals surface area (Å²) in [5.74, 6) is -0.247. The molecule has 8 heteroatoms. The van der Waals surface area contributed by atoms with E-state index in [2.05, 4.69) is 27.3 Å². The molecule has 0 aliphatic rings. The summed E-state index contributed by atoms with van der Waals surface area (Å²) in [5.41, 5.74) is 1.04. The molecule has 0 fully saturated rings. The van der Waals surface area contributed by atoms with Crippen molar-refractivity contribution in [3.05, 3.63) is 49.8 Å². The quantitative estimate of drug-likeness (QED) is 0.693. The Morgan fingerprint density at radius 1 is 1.27 bits per heavy atom. The summed E-state index contributed by atoms with van der Waals surface area (Å²) in [6.07, 6.45) is 1.77. The minimum Gasteiger partial charge on any atom is -0.340 e. The average molecular weight is 305 g/mol. The Hall–Kier alpha value is -2.64. The van der Waals surface area contributed by atoms with Crippen molar-refractivity contribution in [3.8, 4) is 0 Å². The highest BCUT2D eigenvalue weighted by atomic mass is 16.2. The molecule has 0 saturated heterocycles. The SMILES string of the molecule is CCCc1cc(CN(C)C(=O)Cc2cc(=O)[nH][nH]c2=O)[nH]n1. The number of amides is 1. The Kier molecular flexibility index (Phi) is 4.92. The molecule has 1 amide bonds. The number of hydrogen-bond donors (Lipinski definition) is 3. The number of aromatic nitrogens is 4. The number of nitrogens with one attached hydrogen (secondary N) is 3. The van der Waals surface area contributed by atoms with Crippen molar-refractivity contribution in [2.45, 2.75) is 32.7 Å². The molecule has 0 aromatic carbocycles. The summed E-state index contributed by atoms with van der Waals surface area (Å²) < 4.78 is 0. The zero-order valence-electron chi connectivity index (χ0n) is 12.6. The smallest absolute Gasteiger partial charge is 0.266 e. The van der Waals surface area contributed by atoms with Gasteiger partial charge < -0.3 is 4.90 Å². The molecule has 3 N–H and O–H groups in total. The van der Waals surface area contributed by atoms with Gasteiger partial charge in [0, 0.05) is 18.7 Å². The van der Waals surface area contributed by atoms with Crippen molar-refractivity contribution in [2.75, 3.05) is 7.05 Å². The number of rotatable bonds is 6. The van der Waals surface area contributed by atoms with E-state index in [1.54, 1.807) is 7.05 Å². The van der Waals surface area contributed by atoms with Crippen molar-refractivity contribution in [1.29, 1.82) is 0 Å². The highest BCUT2D eigenvalue weighted by molar-refractivity contribution is 5.78. The minimum atomic E-state index is -0.465. The van der Waals surface area contributed by atoms with Gasteiger partial charge >= 0.3 is 0 Å². The Morgan fingerprint density at radius 2 is 2.05 bits per heavy atom. The molecule has 2 rings (SSSR count). The number of carbonyl (C=O) groups is 1. The zero-order valence-corrected chi connectivity index (χ0v) is 12.6. The van der Waals surface area contributed by atoms with Crippen LogP contribution in [0.2, 0.25) is 0 Å². The Labute approximate surface area is 126 Å². The largest absolute Gasteiger partial charge is 0.340 e. The number of aromatic amines is 3. The van der Waals surface area contributed by atoms with Gasteiger partial charge in [0.2, 0.25) is 5.91 Å². The summed E-state index contributed by atoms with van der Waals surface area (Å²) in [4.78, 5) is 36.4. The number of likely N-dealkylation sites (N-methyl/N-ethyl adjacent to an activating group) is 1. The summed E-state index contributed by atoms with van der Waals surface area (Å²) in [6, 6.07) is 3.06. The highest BCUT2D eigenvalue weighted by Crippen LogP contribution is 2.06. The molecular weight excluding hydrogens is 286 g/mol. The van der Waals surface area contributed by atoms with Gasteiger partial charge in [-0.1, -0.05) is 13.3 Å². The lowest BCUT2D eigenvalue weighted by Gasteiger charge is -2.15.